The SMILES string of the molecule is O=C1CN(c2nc(Nc3ccccc3[N+](=O)[O-])nc(Nc3ccccc3[N+](=O)[O-])n2)C(=O)S1. The van der Waals surface area contributed by atoms with E-state index in [0.29, 0.717) is 11.8 Å². The molecule has 0 atom stereocenters. The molecular weight excluding hydrogens is 456 g/mol. The third kappa shape index (κ3) is 4.67. The number of thioether (sulfide) groups is 1. The molecule has 2 N–H and O–H groups in total. The molecule has 2 heterocycles. The van der Waals surface area contributed by atoms with Crippen LogP contribution in [0.3, 0.4) is 0 Å². The number of para-hydroxylation sites is 4. The van der Waals surface area contributed by atoms with Gasteiger partial charge < -0.3 is 10.6 Å². The maximum atomic E-state index is 12.2. The molecule has 0 radical (unpaired) electrons. The van der Waals surface area contributed by atoms with E-state index in [1.165, 1.54) is 36.4 Å². The molecule has 0 unspecified atom stereocenters. The van der Waals surface area contributed by atoms with Crippen molar-refractivity contribution in [2.75, 3.05) is 22.1 Å². The van der Waals surface area contributed by atoms with Gasteiger partial charge in [-0.15, -0.1) is 0 Å². The van der Waals surface area contributed by atoms with Gasteiger partial charge >= 0.3 is 0 Å². The first-order chi connectivity index (χ1) is 15.8. The van der Waals surface area contributed by atoms with E-state index in [2.05, 4.69) is 25.6 Å². The molecule has 1 aromatic heterocycles. The summed E-state index contributed by atoms with van der Waals surface area (Å²) in [7, 11) is 0. The fraction of sp³-hybridized carbons (Fsp3) is 0.0556. The Bertz CT molecular complexity index is 1220. The average Bonchev–Trinajstić information content (AvgIpc) is 3.12. The highest BCUT2D eigenvalue weighted by Gasteiger charge is 2.33. The molecule has 1 fully saturated rings. The number of nitrogens with zero attached hydrogens (tertiary/aromatic N) is 6. The number of nitro benzene ring substituents is 2. The Kier molecular flexibility index (Phi) is 5.77. The van der Waals surface area contributed by atoms with Gasteiger partial charge in [0.25, 0.3) is 16.6 Å². The normalized spacial score (nSPS) is 13.2. The molecule has 1 aliphatic heterocycles. The summed E-state index contributed by atoms with van der Waals surface area (Å²) >= 11 is 0.484. The Hall–Kier alpha value is -4.66. The standard InChI is InChI=1S/C18H12N8O6S/c27-14-9-24(18(28)33-14)17-22-15(19-10-5-1-3-7-12(10)25(29)30)21-16(23-17)20-11-6-2-4-8-13(11)26(31)32/h1-8H,9H2,(H2,19,20,21,22,23). The first-order valence-electron chi connectivity index (χ1n) is 9.11. The van der Waals surface area contributed by atoms with E-state index in [1.54, 1.807) is 12.1 Å². The second kappa shape index (κ2) is 8.83. The number of carbonyl (C=O) groups excluding carboxylic acids is 2. The number of carbonyl (C=O) groups is 2. The van der Waals surface area contributed by atoms with Crippen LogP contribution >= 0.6 is 11.8 Å². The van der Waals surface area contributed by atoms with E-state index in [1.807, 2.05) is 0 Å². The molecule has 166 valence electrons. The molecule has 4 rings (SSSR count). The lowest BCUT2D eigenvalue weighted by Crippen LogP contribution is -2.26. The van der Waals surface area contributed by atoms with Crippen LogP contribution in [0.1, 0.15) is 0 Å². The quantitative estimate of drug-likeness (QED) is 0.381. The molecule has 14 nitrogen and oxygen atoms in total. The highest BCUT2D eigenvalue weighted by molar-refractivity contribution is 8.27. The number of hydrogen-bond donors (Lipinski definition) is 2. The largest absolute Gasteiger partial charge is 0.318 e. The highest BCUT2D eigenvalue weighted by Crippen LogP contribution is 2.31. The molecule has 1 saturated heterocycles. The van der Waals surface area contributed by atoms with Gasteiger partial charge in [0.1, 0.15) is 11.4 Å². The minimum atomic E-state index is -0.612. The number of nitrogens with one attached hydrogen (secondary N) is 2. The van der Waals surface area contributed by atoms with E-state index in [9.17, 15) is 29.8 Å². The Balaban J connectivity index is 1.76. The summed E-state index contributed by atoms with van der Waals surface area (Å²) in [6.07, 6.45) is 0. The number of amides is 1. The van der Waals surface area contributed by atoms with Crippen molar-refractivity contribution in [1.82, 2.24) is 15.0 Å². The van der Waals surface area contributed by atoms with Crippen LogP contribution in [-0.2, 0) is 4.79 Å². The number of rotatable bonds is 7. The summed E-state index contributed by atoms with van der Waals surface area (Å²) in [5, 5.41) is 27.0. The van der Waals surface area contributed by atoms with Crippen molar-refractivity contribution < 1.29 is 19.4 Å². The Labute approximate surface area is 188 Å². The summed E-state index contributed by atoms with van der Waals surface area (Å²) in [5.74, 6) is -0.587. The second-order valence-electron chi connectivity index (χ2n) is 6.41. The molecule has 3 aromatic rings. The third-order valence-electron chi connectivity index (χ3n) is 4.27. The van der Waals surface area contributed by atoms with Gasteiger partial charge in [-0.25, -0.2) is 0 Å². The van der Waals surface area contributed by atoms with Crippen LogP contribution in [0.2, 0.25) is 0 Å². The Morgan fingerprint density at radius 2 is 1.30 bits per heavy atom. The van der Waals surface area contributed by atoms with E-state index < -0.39 is 20.2 Å². The van der Waals surface area contributed by atoms with E-state index >= 15 is 0 Å². The molecule has 2 aromatic carbocycles. The van der Waals surface area contributed by atoms with Crippen LogP contribution in [0.25, 0.3) is 0 Å². The Morgan fingerprint density at radius 1 is 0.818 bits per heavy atom. The minimum absolute atomic E-state index is 0.0643. The zero-order valence-electron chi connectivity index (χ0n) is 16.4. The van der Waals surface area contributed by atoms with Gasteiger partial charge in [0, 0.05) is 23.9 Å². The van der Waals surface area contributed by atoms with Crippen molar-refractivity contribution in [2.45, 2.75) is 0 Å². The van der Waals surface area contributed by atoms with E-state index in [0.717, 1.165) is 4.90 Å². The van der Waals surface area contributed by atoms with Gasteiger partial charge in [-0.2, -0.15) is 15.0 Å². The minimum Gasteiger partial charge on any atom is -0.318 e. The average molecular weight is 468 g/mol. The lowest BCUT2D eigenvalue weighted by molar-refractivity contribution is -0.384. The predicted octanol–water partition coefficient (Wildman–Crippen LogP) is 3.38. The first-order valence-corrected chi connectivity index (χ1v) is 9.92. The van der Waals surface area contributed by atoms with Crippen molar-refractivity contribution in [1.29, 1.82) is 0 Å². The number of benzene rings is 2. The molecule has 0 bridgehead atoms. The zero-order chi connectivity index (χ0) is 23.5. The number of aromatic nitrogens is 3. The summed E-state index contributed by atoms with van der Waals surface area (Å²) in [6, 6.07) is 11.5. The van der Waals surface area contributed by atoms with Crippen molar-refractivity contribution in [3.8, 4) is 0 Å². The summed E-state index contributed by atoms with van der Waals surface area (Å²) in [5.41, 5.74) is -0.379. The van der Waals surface area contributed by atoms with Crippen LogP contribution in [0.5, 0.6) is 0 Å². The maximum Gasteiger partial charge on any atom is 0.296 e. The number of nitro groups is 2. The lowest BCUT2D eigenvalue weighted by Gasteiger charge is -2.15. The van der Waals surface area contributed by atoms with Gasteiger partial charge in [-0.05, 0) is 12.1 Å². The van der Waals surface area contributed by atoms with Crippen LogP contribution in [0.4, 0.5) is 45.4 Å². The molecular formula is C18H12N8O6S. The van der Waals surface area contributed by atoms with Crippen LogP contribution in [0, 0.1) is 20.2 Å². The molecule has 15 heteroatoms. The molecule has 0 saturated carbocycles. The van der Waals surface area contributed by atoms with Crippen molar-refractivity contribution in [3.63, 3.8) is 0 Å². The second-order valence-corrected chi connectivity index (χ2v) is 7.42. The smallest absolute Gasteiger partial charge is 0.296 e. The summed E-state index contributed by atoms with van der Waals surface area (Å²) < 4.78 is 0. The Morgan fingerprint density at radius 3 is 1.73 bits per heavy atom. The van der Waals surface area contributed by atoms with Gasteiger partial charge in [0.2, 0.25) is 23.0 Å². The van der Waals surface area contributed by atoms with Gasteiger partial charge in [0.05, 0.1) is 16.4 Å². The van der Waals surface area contributed by atoms with Crippen LogP contribution in [0.15, 0.2) is 48.5 Å². The van der Waals surface area contributed by atoms with E-state index in [4.69, 9.17) is 0 Å². The van der Waals surface area contributed by atoms with Gasteiger partial charge in [-0.3, -0.25) is 34.7 Å². The summed E-state index contributed by atoms with van der Waals surface area (Å²) in [6.45, 7) is -0.288. The lowest BCUT2D eigenvalue weighted by atomic mass is 10.2. The van der Waals surface area contributed by atoms with Crippen LogP contribution in [-0.4, -0.2) is 41.7 Å². The summed E-state index contributed by atoms with van der Waals surface area (Å²) in [4.78, 5) is 58.6. The molecule has 0 aliphatic carbocycles. The van der Waals surface area contributed by atoms with Crippen molar-refractivity contribution in [3.05, 3.63) is 68.8 Å². The molecule has 33 heavy (non-hydrogen) atoms. The number of hydrogen-bond acceptors (Lipinski definition) is 12. The van der Waals surface area contributed by atoms with Gasteiger partial charge in [0.15, 0.2) is 0 Å². The third-order valence-corrected chi connectivity index (χ3v) is 5.02. The monoisotopic (exact) mass is 468 g/mol. The van der Waals surface area contributed by atoms with Crippen molar-refractivity contribution >= 4 is 62.7 Å². The first kappa shape index (κ1) is 21.6. The van der Waals surface area contributed by atoms with Crippen molar-refractivity contribution in [2.24, 2.45) is 0 Å². The fourth-order valence-electron chi connectivity index (χ4n) is 2.85. The number of anilines is 5. The topological polar surface area (TPSA) is 186 Å². The van der Waals surface area contributed by atoms with Crippen LogP contribution < -0.4 is 15.5 Å². The zero-order valence-corrected chi connectivity index (χ0v) is 17.2. The maximum absolute atomic E-state index is 12.2. The molecule has 1 amide bonds. The predicted molar refractivity (Wildman–Crippen MR) is 118 cm³/mol. The molecule has 1 aliphatic rings. The van der Waals surface area contributed by atoms with Gasteiger partial charge in [-0.1, -0.05) is 24.3 Å². The molecule has 0 spiro atoms. The highest BCUT2D eigenvalue weighted by atomic mass is 32.2. The fourth-order valence-corrected chi connectivity index (χ4v) is 3.49. The van der Waals surface area contributed by atoms with E-state index in [-0.39, 0.29) is 47.1 Å².